The van der Waals surface area contributed by atoms with Crippen LogP contribution in [-0.4, -0.2) is 12.0 Å². The van der Waals surface area contributed by atoms with Gasteiger partial charge in [-0.1, -0.05) is 0 Å². The molecule has 0 bridgehead atoms. The first-order valence-electron chi connectivity index (χ1n) is 5.69. The topological polar surface area (TPSA) is 24.9 Å². The molecule has 0 spiro atoms. The summed E-state index contributed by atoms with van der Waals surface area (Å²) in [6.45, 7) is 0. The molecule has 0 atom stereocenters. The average Bonchev–Trinajstić information content (AvgIpc) is 2.79. The van der Waals surface area contributed by atoms with Crippen LogP contribution in [-0.2, 0) is 12.8 Å². The molecule has 3 rings (SSSR count). The highest BCUT2D eigenvalue weighted by atomic mass is 19.1. The number of nitrogens with zero attached hydrogens (tertiary/aromatic N) is 1. The van der Waals surface area contributed by atoms with Crippen molar-refractivity contribution in [3.05, 3.63) is 35.0 Å². The van der Waals surface area contributed by atoms with Crippen LogP contribution in [0.25, 0.3) is 10.9 Å². The van der Waals surface area contributed by atoms with Crippen molar-refractivity contribution in [2.75, 3.05) is 12.4 Å². The molecule has 0 aliphatic heterocycles. The van der Waals surface area contributed by atoms with E-state index in [9.17, 15) is 8.78 Å². The minimum atomic E-state index is -0.465. The molecule has 17 heavy (non-hydrogen) atoms. The summed E-state index contributed by atoms with van der Waals surface area (Å²) in [4.78, 5) is 4.27. The summed E-state index contributed by atoms with van der Waals surface area (Å²) in [5, 5.41) is 3.26. The third-order valence-electron chi connectivity index (χ3n) is 3.32. The highest BCUT2D eigenvalue weighted by molar-refractivity contribution is 5.94. The first-order valence-corrected chi connectivity index (χ1v) is 5.69. The fraction of sp³-hybridized carbons (Fsp3) is 0.308. The van der Waals surface area contributed by atoms with Gasteiger partial charge in [-0.2, -0.15) is 0 Å². The Balaban J connectivity index is 2.49. The summed E-state index contributed by atoms with van der Waals surface area (Å²) in [6, 6.07) is 2.28. The predicted octanol–water partition coefficient (Wildman–Crippen LogP) is 3.04. The van der Waals surface area contributed by atoms with Gasteiger partial charge in [-0.05, 0) is 37.0 Å². The Labute approximate surface area is 97.7 Å². The van der Waals surface area contributed by atoms with Crippen LogP contribution in [0, 0.1) is 11.6 Å². The van der Waals surface area contributed by atoms with Crippen molar-refractivity contribution in [2.24, 2.45) is 0 Å². The zero-order valence-electron chi connectivity index (χ0n) is 9.48. The molecule has 2 nitrogen and oxygen atoms in total. The number of hydrogen-bond donors (Lipinski definition) is 1. The summed E-state index contributed by atoms with van der Waals surface area (Å²) in [7, 11) is 1.73. The molecular weight excluding hydrogens is 222 g/mol. The van der Waals surface area contributed by atoms with Gasteiger partial charge >= 0.3 is 0 Å². The molecule has 0 saturated heterocycles. The number of anilines is 1. The van der Waals surface area contributed by atoms with Gasteiger partial charge in [0, 0.05) is 12.7 Å². The van der Waals surface area contributed by atoms with Crippen LogP contribution in [0.2, 0.25) is 0 Å². The lowest BCUT2D eigenvalue weighted by Crippen LogP contribution is -2.02. The van der Waals surface area contributed by atoms with Crippen molar-refractivity contribution in [1.82, 2.24) is 4.98 Å². The van der Waals surface area contributed by atoms with Crippen molar-refractivity contribution >= 4 is 16.6 Å². The Morgan fingerprint density at radius 3 is 2.71 bits per heavy atom. The van der Waals surface area contributed by atoms with E-state index >= 15 is 0 Å². The van der Waals surface area contributed by atoms with Gasteiger partial charge in [0.25, 0.3) is 0 Å². The first kappa shape index (κ1) is 10.4. The molecular formula is C13H12F2N2. The fourth-order valence-electron chi connectivity index (χ4n) is 2.57. The van der Waals surface area contributed by atoms with E-state index in [4.69, 9.17) is 0 Å². The molecule has 2 aromatic rings. The Morgan fingerprint density at radius 1 is 1.18 bits per heavy atom. The second-order valence-corrected chi connectivity index (χ2v) is 4.27. The maximum atomic E-state index is 13.8. The molecule has 4 heteroatoms. The standard InChI is InChI=1S/C13H12F2N2/c1-16-12-7-3-2-4-10(7)17-13-9(15)6-5-8(14)11(12)13/h5-6H,2-4H2,1H3,(H,16,17). The minimum absolute atomic E-state index is 0.134. The summed E-state index contributed by atoms with van der Waals surface area (Å²) in [5.74, 6) is -0.888. The van der Waals surface area contributed by atoms with Gasteiger partial charge < -0.3 is 5.32 Å². The van der Waals surface area contributed by atoms with Crippen molar-refractivity contribution < 1.29 is 8.78 Å². The van der Waals surface area contributed by atoms with E-state index in [0.717, 1.165) is 42.7 Å². The molecule has 1 aromatic carbocycles. The Hall–Kier alpha value is -1.71. The molecule has 1 aromatic heterocycles. The molecule has 0 saturated carbocycles. The van der Waals surface area contributed by atoms with Gasteiger partial charge in [0.15, 0.2) is 0 Å². The molecule has 0 radical (unpaired) electrons. The molecule has 88 valence electrons. The van der Waals surface area contributed by atoms with E-state index in [-0.39, 0.29) is 10.9 Å². The lowest BCUT2D eigenvalue weighted by molar-refractivity contribution is 0.615. The lowest BCUT2D eigenvalue weighted by Gasteiger charge is -2.12. The number of pyridine rings is 1. The van der Waals surface area contributed by atoms with Gasteiger partial charge in [0.05, 0.1) is 11.1 Å². The lowest BCUT2D eigenvalue weighted by atomic mass is 10.1. The van der Waals surface area contributed by atoms with E-state index in [1.54, 1.807) is 7.05 Å². The Morgan fingerprint density at radius 2 is 1.94 bits per heavy atom. The molecule has 1 heterocycles. The largest absolute Gasteiger partial charge is 0.387 e. The van der Waals surface area contributed by atoms with Gasteiger partial charge in [-0.15, -0.1) is 0 Å². The van der Waals surface area contributed by atoms with Crippen LogP contribution in [0.3, 0.4) is 0 Å². The van der Waals surface area contributed by atoms with Crippen LogP contribution >= 0.6 is 0 Å². The number of aryl methyl sites for hydroxylation is 1. The zero-order chi connectivity index (χ0) is 12.0. The molecule has 0 unspecified atom stereocenters. The summed E-state index contributed by atoms with van der Waals surface area (Å²) in [6.07, 6.45) is 2.72. The van der Waals surface area contributed by atoms with Crippen molar-refractivity contribution in [1.29, 1.82) is 0 Å². The van der Waals surface area contributed by atoms with Crippen LogP contribution in [0.5, 0.6) is 0 Å². The quantitative estimate of drug-likeness (QED) is 0.820. The molecule has 0 amide bonds. The SMILES string of the molecule is CNc1c2c(nc3c(F)ccc(F)c13)CCC2. The van der Waals surface area contributed by atoms with E-state index in [1.807, 2.05) is 0 Å². The molecule has 1 N–H and O–H groups in total. The van der Waals surface area contributed by atoms with Crippen LogP contribution in [0.15, 0.2) is 12.1 Å². The third-order valence-corrected chi connectivity index (χ3v) is 3.32. The molecule has 1 aliphatic rings. The van der Waals surface area contributed by atoms with E-state index < -0.39 is 11.6 Å². The average molecular weight is 234 g/mol. The highest BCUT2D eigenvalue weighted by Crippen LogP contribution is 2.35. The summed E-state index contributed by atoms with van der Waals surface area (Å²) in [5.41, 5.74) is 2.75. The number of aromatic nitrogens is 1. The van der Waals surface area contributed by atoms with Crippen LogP contribution < -0.4 is 5.32 Å². The van der Waals surface area contributed by atoms with Crippen LogP contribution in [0.1, 0.15) is 17.7 Å². The molecule has 1 aliphatic carbocycles. The van der Waals surface area contributed by atoms with Gasteiger partial charge in [0.1, 0.15) is 17.2 Å². The Kier molecular flexibility index (Phi) is 2.24. The zero-order valence-corrected chi connectivity index (χ0v) is 9.48. The summed E-state index contributed by atoms with van der Waals surface area (Å²) >= 11 is 0. The third kappa shape index (κ3) is 1.40. The highest BCUT2D eigenvalue weighted by Gasteiger charge is 2.22. The van der Waals surface area contributed by atoms with E-state index in [1.165, 1.54) is 0 Å². The van der Waals surface area contributed by atoms with E-state index in [0.29, 0.717) is 5.69 Å². The first-order chi connectivity index (χ1) is 8.22. The second kappa shape index (κ2) is 3.65. The van der Waals surface area contributed by atoms with Crippen LogP contribution in [0.4, 0.5) is 14.5 Å². The number of hydrogen-bond acceptors (Lipinski definition) is 2. The van der Waals surface area contributed by atoms with E-state index in [2.05, 4.69) is 10.3 Å². The monoisotopic (exact) mass is 234 g/mol. The van der Waals surface area contributed by atoms with Gasteiger partial charge in [0.2, 0.25) is 0 Å². The minimum Gasteiger partial charge on any atom is -0.387 e. The maximum Gasteiger partial charge on any atom is 0.149 e. The van der Waals surface area contributed by atoms with Crippen molar-refractivity contribution in [3.63, 3.8) is 0 Å². The van der Waals surface area contributed by atoms with Gasteiger partial charge in [-0.25, -0.2) is 13.8 Å². The van der Waals surface area contributed by atoms with Crippen molar-refractivity contribution in [3.8, 4) is 0 Å². The number of benzene rings is 1. The summed E-state index contributed by atoms with van der Waals surface area (Å²) < 4.78 is 27.5. The Bertz CT molecular complexity index is 608. The second-order valence-electron chi connectivity index (χ2n) is 4.27. The predicted molar refractivity (Wildman–Crippen MR) is 63.2 cm³/mol. The number of nitrogens with one attached hydrogen (secondary N) is 1. The smallest absolute Gasteiger partial charge is 0.149 e. The fourth-order valence-corrected chi connectivity index (χ4v) is 2.57. The normalized spacial score (nSPS) is 14.1. The molecule has 0 fully saturated rings. The van der Waals surface area contributed by atoms with Crippen molar-refractivity contribution in [2.45, 2.75) is 19.3 Å². The number of halogens is 2. The maximum absolute atomic E-state index is 13.8. The van der Waals surface area contributed by atoms with Gasteiger partial charge in [-0.3, -0.25) is 0 Å². The number of rotatable bonds is 1. The number of fused-ring (bicyclic) bond motifs is 2.